The van der Waals surface area contributed by atoms with Gasteiger partial charge >= 0.3 is 0 Å². The van der Waals surface area contributed by atoms with Gasteiger partial charge in [-0.1, -0.05) is 26.7 Å². The van der Waals surface area contributed by atoms with Crippen molar-refractivity contribution >= 4 is 16.0 Å². The van der Waals surface area contributed by atoms with Crippen LogP contribution in [0, 0.1) is 5.92 Å². The Bertz CT molecular complexity index is 378. The Kier molecular flexibility index (Phi) is 11.3. The van der Waals surface area contributed by atoms with Gasteiger partial charge in [0.05, 0.1) is 5.75 Å². The molecule has 0 rings (SSSR count). The summed E-state index contributed by atoms with van der Waals surface area (Å²) in [4.78, 5) is 4.57. The molecule has 0 saturated heterocycles. The topological polar surface area (TPSA) is 82.6 Å². The second-order valence-electron chi connectivity index (χ2n) is 4.98. The fourth-order valence-corrected chi connectivity index (χ4v) is 2.39. The smallest absolute Gasteiger partial charge is 0.211 e. The average molecular weight is 321 g/mol. The maximum absolute atomic E-state index is 11.3. The molecule has 6 nitrogen and oxygen atoms in total. The number of rotatable bonds is 11. The molecule has 0 aliphatic carbocycles. The van der Waals surface area contributed by atoms with Crippen LogP contribution < -0.4 is 15.4 Å². The van der Waals surface area contributed by atoms with Gasteiger partial charge in [0.15, 0.2) is 5.96 Å². The summed E-state index contributed by atoms with van der Waals surface area (Å²) in [5.74, 6) is 1.56. The molecule has 0 aromatic rings. The van der Waals surface area contributed by atoms with Crippen LogP contribution in [0.25, 0.3) is 0 Å². The highest BCUT2D eigenvalue weighted by Crippen LogP contribution is 2.06. The molecule has 0 aromatic carbocycles. The van der Waals surface area contributed by atoms with E-state index in [-0.39, 0.29) is 5.75 Å². The first-order chi connectivity index (χ1) is 9.99. The highest BCUT2D eigenvalue weighted by atomic mass is 32.2. The minimum atomic E-state index is -3.08. The van der Waals surface area contributed by atoms with E-state index < -0.39 is 10.0 Å². The third-order valence-corrected chi connectivity index (χ3v) is 4.76. The number of hydrogen-bond donors (Lipinski definition) is 3. The summed E-state index contributed by atoms with van der Waals surface area (Å²) < 4.78 is 25.1. The molecule has 0 unspecified atom stereocenters. The third-order valence-electron chi connectivity index (χ3n) is 3.35. The molecule has 0 spiro atoms. The molecular formula is C14H32N4O2S. The van der Waals surface area contributed by atoms with Gasteiger partial charge in [-0.15, -0.1) is 0 Å². The van der Waals surface area contributed by atoms with Crippen molar-refractivity contribution in [2.45, 2.75) is 47.0 Å². The minimum absolute atomic E-state index is 0.125. The van der Waals surface area contributed by atoms with E-state index in [1.165, 1.54) is 0 Å². The lowest BCUT2D eigenvalue weighted by molar-refractivity contribution is 0.504. The molecule has 0 aliphatic rings. The van der Waals surface area contributed by atoms with Crippen LogP contribution in [0.3, 0.4) is 0 Å². The lowest BCUT2D eigenvalue weighted by atomic mass is 10.0. The van der Waals surface area contributed by atoms with Gasteiger partial charge in [0.2, 0.25) is 10.0 Å². The van der Waals surface area contributed by atoms with Crippen molar-refractivity contribution in [1.29, 1.82) is 0 Å². The van der Waals surface area contributed by atoms with E-state index in [9.17, 15) is 8.42 Å². The van der Waals surface area contributed by atoms with Crippen molar-refractivity contribution in [3.63, 3.8) is 0 Å². The van der Waals surface area contributed by atoms with Crippen molar-refractivity contribution in [2.75, 3.05) is 31.9 Å². The van der Waals surface area contributed by atoms with Gasteiger partial charge in [-0.05, 0) is 26.2 Å². The highest BCUT2D eigenvalue weighted by Gasteiger charge is 2.05. The molecule has 0 amide bonds. The Morgan fingerprint density at radius 3 is 2.24 bits per heavy atom. The first-order valence-electron chi connectivity index (χ1n) is 7.98. The number of sulfonamides is 1. The van der Waals surface area contributed by atoms with Gasteiger partial charge in [-0.3, -0.25) is 4.99 Å². The van der Waals surface area contributed by atoms with Crippen LogP contribution in [0.1, 0.15) is 47.0 Å². The summed E-state index contributed by atoms with van der Waals surface area (Å²) in [5.41, 5.74) is 0. The SMILES string of the molecule is CCNC(=NCC(CC)CC)NCCCNS(=O)(=O)CC. The Balaban J connectivity index is 4.07. The predicted octanol–water partition coefficient (Wildman–Crippen LogP) is 1.31. The van der Waals surface area contributed by atoms with Crippen molar-refractivity contribution in [3.8, 4) is 0 Å². The normalized spacial score (nSPS) is 12.7. The van der Waals surface area contributed by atoms with E-state index in [0.29, 0.717) is 19.0 Å². The second kappa shape index (κ2) is 11.8. The van der Waals surface area contributed by atoms with Crippen LogP contribution in [-0.2, 0) is 10.0 Å². The molecule has 0 aromatic heterocycles. The van der Waals surface area contributed by atoms with E-state index >= 15 is 0 Å². The molecule has 126 valence electrons. The summed E-state index contributed by atoms with van der Waals surface area (Å²) >= 11 is 0. The lowest BCUT2D eigenvalue weighted by Crippen LogP contribution is -2.39. The van der Waals surface area contributed by atoms with Gasteiger partial charge in [-0.25, -0.2) is 13.1 Å². The lowest BCUT2D eigenvalue weighted by Gasteiger charge is -2.14. The molecule has 0 bridgehead atoms. The van der Waals surface area contributed by atoms with Crippen molar-refractivity contribution < 1.29 is 8.42 Å². The van der Waals surface area contributed by atoms with E-state index in [1.54, 1.807) is 6.92 Å². The number of hydrogen-bond acceptors (Lipinski definition) is 3. The van der Waals surface area contributed by atoms with Crippen LogP contribution in [0.4, 0.5) is 0 Å². The first-order valence-corrected chi connectivity index (χ1v) is 9.63. The zero-order chi connectivity index (χ0) is 16.1. The molecule has 3 N–H and O–H groups in total. The van der Waals surface area contributed by atoms with Crippen LogP contribution in [0.15, 0.2) is 4.99 Å². The van der Waals surface area contributed by atoms with Crippen LogP contribution in [0.2, 0.25) is 0 Å². The zero-order valence-electron chi connectivity index (χ0n) is 13.9. The molecule has 0 saturated carbocycles. The van der Waals surface area contributed by atoms with E-state index in [1.807, 2.05) is 6.92 Å². The zero-order valence-corrected chi connectivity index (χ0v) is 14.7. The minimum Gasteiger partial charge on any atom is -0.357 e. The van der Waals surface area contributed by atoms with Crippen molar-refractivity contribution in [2.24, 2.45) is 10.9 Å². The van der Waals surface area contributed by atoms with E-state index in [2.05, 4.69) is 34.2 Å². The van der Waals surface area contributed by atoms with Crippen molar-refractivity contribution in [3.05, 3.63) is 0 Å². The van der Waals surface area contributed by atoms with E-state index in [4.69, 9.17) is 0 Å². The molecule has 0 radical (unpaired) electrons. The number of guanidine groups is 1. The van der Waals surface area contributed by atoms with Gasteiger partial charge in [-0.2, -0.15) is 0 Å². The number of nitrogens with one attached hydrogen (secondary N) is 3. The Morgan fingerprint density at radius 2 is 1.71 bits per heavy atom. The van der Waals surface area contributed by atoms with E-state index in [0.717, 1.165) is 38.3 Å². The number of aliphatic imine (C=N–C) groups is 1. The molecule has 21 heavy (non-hydrogen) atoms. The van der Waals surface area contributed by atoms with Crippen molar-refractivity contribution in [1.82, 2.24) is 15.4 Å². The monoisotopic (exact) mass is 320 g/mol. The fourth-order valence-electron chi connectivity index (χ4n) is 1.73. The summed E-state index contributed by atoms with van der Waals surface area (Å²) in [6.07, 6.45) is 3.00. The predicted molar refractivity (Wildman–Crippen MR) is 90.1 cm³/mol. The van der Waals surface area contributed by atoms with Gasteiger partial charge in [0.1, 0.15) is 0 Å². The number of nitrogens with zero attached hydrogens (tertiary/aromatic N) is 1. The summed E-state index contributed by atoms with van der Waals surface area (Å²) in [5, 5.41) is 6.44. The second-order valence-corrected chi connectivity index (χ2v) is 7.08. The first kappa shape index (κ1) is 20.2. The summed E-state index contributed by atoms with van der Waals surface area (Å²) in [6, 6.07) is 0. The third kappa shape index (κ3) is 10.5. The fraction of sp³-hybridized carbons (Fsp3) is 0.929. The summed E-state index contributed by atoms with van der Waals surface area (Å²) in [7, 11) is -3.08. The molecule has 0 atom stereocenters. The van der Waals surface area contributed by atoms with Crippen LogP contribution in [0.5, 0.6) is 0 Å². The Labute approximate surface area is 130 Å². The van der Waals surface area contributed by atoms with Gasteiger partial charge in [0.25, 0.3) is 0 Å². The van der Waals surface area contributed by atoms with Crippen LogP contribution >= 0.6 is 0 Å². The average Bonchev–Trinajstić information content (AvgIpc) is 2.47. The van der Waals surface area contributed by atoms with Crippen LogP contribution in [-0.4, -0.2) is 46.3 Å². The standard InChI is InChI=1S/C14H32N4O2S/c1-5-13(6-2)12-17-14(15-7-3)16-10-9-11-18-21(19,20)8-4/h13,18H,5-12H2,1-4H3,(H2,15,16,17). The molecular weight excluding hydrogens is 288 g/mol. The molecule has 0 heterocycles. The molecule has 0 aliphatic heterocycles. The summed E-state index contributed by atoms with van der Waals surface area (Å²) in [6.45, 7) is 10.8. The van der Waals surface area contributed by atoms with Gasteiger partial charge < -0.3 is 10.6 Å². The molecule has 7 heteroatoms. The largest absolute Gasteiger partial charge is 0.357 e. The Morgan fingerprint density at radius 1 is 1.05 bits per heavy atom. The maximum atomic E-state index is 11.3. The van der Waals surface area contributed by atoms with Gasteiger partial charge in [0, 0.05) is 26.2 Å². The highest BCUT2D eigenvalue weighted by molar-refractivity contribution is 7.89. The quantitative estimate of drug-likeness (QED) is 0.304. The Hall–Kier alpha value is -0.820. The maximum Gasteiger partial charge on any atom is 0.211 e. The molecule has 0 fully saturated rings.